The Bertz CT molecular complexity index is 772. The lowest BCUT2D eigenvalue weighted by Crippen LogP contribution is -2.52. The van der Waals surface area contributed by atoms with E-state index >= 15 is 0 Å². The molecular formula is C28H43NO4S. The molecule has 0 radical (unpaired) electrons. The summed E-state index contributed by atoms with van der Waals surface area (Å²) >= 11 is 1.73. The molecule has 0 unspecified atom stereocenters. The number of nitrogens with zero attached hydrogens (tertiary/aromatic N) is 1. The summed E-state index contributed by atoms with van der Waals surface area (Å²) in [6.07, 6.45) is 11.0. The number of carbonyl (C=O) groups is 2. The van der Waals surface area contributed by atoms with Gasteiger partial charge in [0.1, 0.15) is 6.61 Å². The van der Waals surface area contributed by atoms with Gasteiger partial charge in [-0.2, -0.15) is 0 Å². The highest BCUT2D eigenvalue weighted by Crippen LogP contribution is 2.46. The molecule has 2 aliphatic rings. The molecule has 1 saturated heterocycles. The zero-order valence-corrected chi connectivity index (χ0v) is 22.0. The van der Waals surface area contributed by atoms with Crippen molar-refractivity contribution in [2.75, 3.05) is 6.61 Å². The van der Waals surface area contributed by atoms with Gasteiger partial charge in [0.15, 0.2) is 0 Å². The van der Waals surface area contributed by atoms with Gasteiger partial charge in [0, 0.05) is 9.64 Å². The summed E-state index contributed by atoms with van der Waals surface area (Å²) in [5.74, 6) is -0.891. The van der Waals surface area contributed by atoms with Gasteiger partial charge in [-0.25, -0.2) is 9.69 Å². The standard InChI is InChI=1S/C28H43NO4S/c1-21(2)24-20-33-27(32)29(24)26(31)22(3)25(30)28(34-23-16-12-11-13-17-23)18-14-9-7-5-4-6-8-10-15-19-28/h11-13,16-17,21-22,24-25,30H,4-10,14-15,18-20H2,1-3H3/t22-,24+,25-/m0/s1. The molecule has 190 valence electrons. The molecule has 1 aromatic rings. The van der Waals surface area contributed by atoms with E-state index in [-0.39, 0.29) is 24.5 Å². The van der Waals surface area contributed by atoms with E-state index in [1.54, 1.807) is 18.7 Å². The maximum atomic E-state index is 13.6. The van der Waals surface area contributed by atoms with Crippen LogP contribution in [0.2, 0.25) is 0 Å². The monoisotopic (exact) mass is 489 g/mol. The highest BCUT2D eigenvalue weighted by Gasteiger charge is 2.48. The van der Waals surface area contributed by atoms with Gasteiger partial charge in [0.25, 0.3) is 0 Å². The predicted octanol–water partition coefficient (Wildman–Crippen LogP) is 6.82. The fraction of sp³-hybridized carbons (Fsp3) is 0.714. The molecule has 0 aromatic heterocycles. The first-order chi connectivity index (χ1) is 16.4. The van der Waals surface area contributed by atoms with Crippen molar-refractivity contribution in [2.45, 2.75) is 113 Å². The fourth-order valence-corrected chi connectivity index (χ4v) is 6.96. The Morgan fingerprint density at radius 1 is 0.971 bits per heavy atom. The van der Waals surface area contributed by atoms with Gasteiger partial charge in [-0.1, -0.05) is 96.8 Å². The molecule has 2 amide bonds. The van der Waals surface area contributed by atoms with Crippen LogP contribution in [0.25, 0.3) is 0 Å². The molecule has 1 N–H and O–H groups in total. The summed E-state index contributed by atoms with van der Waals surface area (Å²) in [6, 6.07) is 9.97. The first kappa shape index (κ1) is 27.1. The van der Waals surface area contributed by atoms with Crippen molar-refractivity contribution >= 4 is 23.8 Å². The van der Waals surface area contributed by atoms with Crippen molar-refractivity contribution in [1.82, 2.24) is 4.90 Å². The summed E-state index contributed by atoms with van der Waals surface area (Å²) in [7, 11) is 0. The number of imide groups is 1. The number of amides is 2. The SMILES string of the molecule is CC(C)[C@H]1COC(=O)N1C(=O)[C@@H](C)[C@H](O)C1(Sc2ccccc2)CCCCCCCCCCC1. The van der Waals surface area contributed by atoms with Crippen LogP contribution >= 0.6 is 11.8 Å². The molecule has 1 aromatic carbocycles. The smallest absolute Gasteiger partial charge is 0.416 e. The molecule has 1 saturated carbocycles. The first-order valence-corrected chi connectivity index (χ1v) is 14.1. The van der Waals surface area contributed by atoms with E-state index in [4.69, 9.17) is 4.74 Å². The molecule has 3 rings (SSSR count). The number of carbonyl (C=O) groups excluding carboxylic acids is 2. The highest BCUT2D eigenvalue weighted by atomic mass is 32.2. The number of hydrogen-bond donors (Lipinski definition) is 1. The van der Waals surface area contributed by atoms with Crippen LogP contribution in [0.3, 0.4) is 0 Å². The fourth-order valence-electron chi connectivity index (χ4n) is 5.38. The van der Waals surface area contributed by atoms with Crippen molar-refractivity contribution in [3.05, 3.63) is 30.3 Å². The molecule has 1 aliphatic carbocycles. The minimum Gasteiger partial charge on any atom is -0.447 e. The Morgan fingerprint density at radius 3 is 2.03 bits per heavy atom. The number of cyclic esters (lactones) is 1. The van der Waals surface area contributed by atoms with Crippen LogP contribution in [0.5, 0.6) is 0 Å². The second-order valence-electron chi connectivity index (χ2n) is 10.5. The molecule has 1 heterocycles. The van der Waals surface area contributed by atoms with E-state index in [1.165, 1.54) is 37.0 Å². The van der Waals surface area contributed by atoms with E-state index < -0.39 is 22.9 Å². The number of aliphatic hydroxyl groups excluding tert-OH is 1. The average Bonchev–Trinajstić information content (AvgIpc) is 3.22. The Hall–Kier alpha value is -1.53. The molecule has 1 aliphatic heterocycles. The quantitative estimate of drug-likeness (QED) is 0.475. The van der Waals surface area contributed by atoms with Gasteiger partial charge in [-0.15, -0.1) is 11.8 Å². The van der Waals surface area contributed by atoms with Gasteiger partial charge >= 0.3 is 6.09 Å². The number of hydrogen-bond acceptors (Lipinski definition) is 5. The number of benzene rings is 1. The summed E-state index contributed by atoms with van der Waals surface area (Å²) in [5.41, 5.74) is 0. The second-order valence-corrected chi connectivity index (χ2v) is 12.0. The molecule has 6 heteroatoms. The number of rotatable bonds is 6. The number of ether oxygens (including phenoxy) is 1. The Balaban J connectivity index is 1.88. The maximum absolute atomic E-state index is 13.6. The first-order valence-electron chi connectivity index (χ1n) is 13.3. The lowest BCUT2D eigenvalue weighted by Gasteiger charge is -2.41. The predicted molar refractivity (Wildman–Crippen MR) is 138 cm³/mol. The van der Waals surface area contributed by atoms with Gasteiger partial charge in [-0.05, 0) is 30.9 Å². The van der Waals surface area contributed by atoms with Gasteiger partial charge in [-0.3, -0.25) is 4.79 Å². The van der Waals surface area contributed by atoms with Crippen molar-refractivity contribution in [3.63, 3.8) is 0 Å². The Kier molecular flexibility index (Phi) is 10.3. The molecule has 34 heavy (non-hydrogen) atoms. The summed E-state index contributed by atoms with van der Waals surface area (Å²) in [4.78, 5) is 28.4. The topological polar surface area (TPSA) is 66.8 Å². The third-order valence-electron chi connectivity index (χ3n) is 7.58. The van der Waals surface area contributed by atoms with Crippen LogP contribution in [-0.4, -0.2) is 45.5 Å². The van der Waals surface area contributed by atoms with Crippen LogP contribution < -0.4 is 0 Å². The number of thioether (sulfide) groups is 1. The minimum atomic E-state index is -0.852. The Morgan fingerprint density at radius 2 is 1.50 bits per heavy atom. The average molecular weight is 490 g/mol. The highest BCUT2D eigenvalue weighted by molar-refractivity contribution is 8.00. The molecular weight excluding hydrogens is 446 g/mol. The zero-order valence-electron chi connectivity index (χ0n) is 21.2. The van der Waals surface area contributed by atoms with Crippen molar-refractivity contribution in [2.24, 2.45) is 11.8 Å². The third-order valence-corrected chi connectivity index (χ3v) is 9.14. The lowest BCUT2D eigenvalue weighted by atomic mass is 9.82. The van der Waals surface area contributed by atoms with Crippen LogP contribution in [0, 0.1) is 11.8 Å². The van der Waals surface area contributed by atoms with E-state index in [0.29, 0.717) is 0 Å². The van der Waals surface area contributed by atoms with E-state index in [2.05, 4.69) is 12.1 Å². The van der Waals surface area contributed by atoms with Crippen LogP contribution in [0.1, 0.15) is 91.4 Å². The summed E-state index contributed by atoms with van der Waals surface area (Å²) in [5, 5.41) is 11.9. The van der Waals surface area contributed by atoms with Gasteiger partial charge in [0.2, 0.25) is 5.91 Å². The van der Waals surface area contributed by atoms with Gasteiger partial charge < -0.3 is 9.84 Å². The summed E-state index contributed by atoms with van der Waals surface area (Å²) in [6.45, 7) is 6.01. The van der Waals surface area contributed by atoms with Crippen molar-refractivity contribution in [3.8, 4) is 0 Å². The van der Waals surface area contributed by atoms with Crippen molar-refractivity contribution in [1.29, 1.82) is 0 Å². The number of aliphatic hydroxyl groups is 1. The molecule has 2 fully saturated rings. The van der Waals surface area contributed by atoms with Gasteiger partial charge in [0.05, 0.1) is 18.1 Å². The maximum Gasteiger partial charge on any atom is 0.416 e. The minimum absolute atomic E-state index is 0.105. The van der Waals surface area contributed by atoms with E-state index in [1.807, 2.05) is 32.0 Å². The molecule has 3 atom stereocenters. The lowest BCUT2D eigenvalue weighted by molar-refractivity contribution is -0.138. The second kappa shape index (κ2) is 13.0. The third kappa shape index (κ3) is 6.78. The van der Waals surface area contributed by atoms with Crippen molar-refractivity contribution < 1.29 is 19.4 Å². The van der Waals surface area contributed by atoms with Crippen LogP contribution in [0.15, 0.2) is 35.2 Å². The zero-order chi connectivity index (χ0) is 24.6. The Labute approximate surface area is 210 Å². The largest absolute Gasteiger partial charge is 0.447 e. The van der Waals surface area contributed by atoms with Crippen LogP contribution in [-0.2, 0) is 9.53 Å². The molecule has 5 nitrogen and oxygen atoms in total. The molecule has 0 spiro atoms. The molecule has 0 bridgehead atoms. The summed E-state index contributed by atoms with van der Waals surface area (Å²) < 4.78 is 4.76. The van der Waals surface area contributed by atoms with E-state index in [0.717, 1.165) is 43.4 Å². The normalized spacial score (nSPS) is 24.1. The van der Waals surface area contributed by atoms with E-state index in [9.17, 15) is 14.7 Å². The van der Waals surface area contributed by atoms with Crippen LogP contribution in [0.4, 0.5) is 4.79 Å².